The van der Waals surface area contributed by atoms with Crippen LogP contribution in [-0.4, -0.2) is 30.2 Å². The molecule has 1 aliphatic rings. The topological polar surface area (TPSA) is 69.7 Å². The lowest BCUT2D eigenvalue weighted by Crippen LogP contribution is -2.47. The SMILES string of the molecule is CCC(C=O)(CNCc1ccc2c(c1)OCO2)Oc1ncc(Cl)cc1Cl. The molecule has 1 N–H and O–H groups in total. The largest absolute Gasteiger partial charge is 0.461 e. The van der Waals surface area contributed by atoms with E-state index in [0.717, 1.165) is 23.3 Å². The lowest BCUT2D eigenvalue weighted by atomic mass is 10.0. The van der Waals surface area contributed by atoms with Gasteiger partial charge in [-0.25, -0.2) is 4.98 Å². The number of rotatable bonds is 8. The first-order chi connectivity index (χ1) is 12.5. The molecule has 1 aromatic carbocycles. The van der Waals surface area contributed by atoms with Gasteiger partial charge in [0, 0.05) is 19.3 Å². The fourth-order valence-corrected chi connectivity index (χ4v) is 2.94. The van der Waals surface area contributed by atoms with Crippen LogP contribution in [0.2, 0.25) is 10.0 Å². The van der Waals surface area contributed by atoms with E-state index in [1.54, 1.807) is 0 Å². The number of benzene rings is 1. The maximum Gasteiger partial charge on any atom is 0.233 e. The standard InChI is InChI=1S/C18H18Cl2N2O4/c1-2-18(10-23,26-17-14(20)6-13(19)8-22-17)9-21-7-12-3-4-15-16(5-12)25-11-24-15/h3-6,8,10,21H,2,7,9,11H2,1H3. The molecule has 1 unspecified atom stereocenters. The van der Waals surface area contributed by atoms with Crippen LogP contribution in [0.4, 0.5) is 0 Å². The minimum atomic E-state index is -1.08. The Morgan fingerprint density at radius 1 is 1.31 bits per heavy atom. The molecular formula is C18H18Cl2N2O4. The van der Waals surface area contributed by atoms with Crippen LogP contribution in [0.5, 0.6) is 17.4 Å². The van der Waals surface area contributed by atoms with E-state index >= 15 is 0 Å². The average molecular weight is 397 g/mol. The van der Waals surface area contributed by atoms with Gasteiger partial charge in [-0.2, -0.15) is 0 Å². The van der Waals surface area contributed by atoms with Gasteiger partial charge in [-0.15, -0.1) is 0 Å². The van der Waals surface area contributed by atoms with Crippen LogP contribution in [0.25, 0.3) is 0 Å². The van der Waals surface area contributed by atoms with Crippen molar-refractivity contribution in [2.24, 2.45) is 0 Å². The van der Waals surface area contributed by atoms with Gasteiger partial charge < -0.3 is 19.5 Å². The van der Waals surface area contributed by atoms with E-state index < -0.39 is 5.60 Å². The summed E-state index contributed by atoms with van der Waals surface area (Å²) in [5.74, 6) is 1.63. The smallest absolute Gasteiger partial charge is 0.233 e. The highest BCUT2D eigenvalue weighted by Crippen LogP contribution is 2.32. The van der Waals surface area contributed by atoms with E-state index in [4.69, 9.17) is 37.4 Å². The predicted octanol–water partition coefficient (Wildman–Crippen LogP) is 3.63. The Hall–Kier alpha value is -2.02. The van der Waals surface area contributed by atoms with Crippen LogP contribution in [0.15, 0.2) is 30.5 Å². The van der Waals surface area contributed by atoms with Crippen molar-refractivity contribution in [3.8, 4) is 17.4 Å². The number of hydrogen-bond donors (Lipinski definition) is 1. The molecule has 6 nitrogen and oxygen atoms in total. The maximum absolute atomic E-state index is 11.7. The summed E-state index contributed by atoms with van der Waals surface area (Å²) in [7, 11) is 0. The van der Waals surface area contributed by atoms with Gasteiger partial charge in [0.2, 0.25) is 12.7 Å². The van der Waals surface area contributed by atoms with Crippen molar-refractivity contribution in [1.29, 1.82) is 0 Å². The molecule has 1 aromatic heterocycles. The number of pyridine rings is 1. The maximum atomic E-state index is 11.7. The summed E-state index contributed by atoms with van der Waals surface area (Å²) >= 11 is 11.9. The molecule has 1 aliphatic heterocycles. The van der Waals surface area contributed by atoms with E-state index in [2.05, 4.69) is 10.3 Å². The lowest BCUT2D eigenvalue weighted by Gasteiger charge is -2.28. The van der Waals surface area contributed by atoms with Crippen LogP contribution in [0.1, 0.15) is 18.9 Å². The van der Waals surface area contributed by atoms with E-state index in [1.165, 1.54) is 12.3 Å². The third kappa shape index (κ3) is 4.20. The Kier molecular flexibility index (Phi) is 5.86. The summed E-state index contributed by atoms with van der Waals surface area (Å²) in [5, 5.41) is 3.89. The van der Waals surface area contributed by atoms with E-state index in [0.29, 0.717) is 24.5 Å². The molecule has 0 saturated carbocycles. The summed E-state index contributed by atoms with van der Waals surface area (Å²) in [5.41, 5.74) is -0.0753. The van der Waals surface area contributed by atoms with Crippen LogP contribution >= 0.6 is 23.2 Å². The van der Waals surface area contributed by atoms with E-state index in [-0.39, 0.29) is 17.7 Å². The number of carbonyl (C=O) groups excluding carboxylic acids is 1. The zero-order valence-electron chi connectivity index (χ0n) is 14.1. The number of nitrogens with zero attached hydrogens (tertiary/aromatic N) is 1. The molecule has 2 heterocycles. The zero-order chi connectivity index (χ0) is 18.6. The second-order valence-corrected chi connectivity index (χ2v) is 6.71. The molecule has 0 fully saturated rings. The van der Waals surface area contributed by atoms with Gasteiger partial charge in [0.1, 0.15) is 5.02 Å². The minimum Gasteiger partial charge on any atom is -0.461 e. The first-order valence-electron chi connectivity index (χ1n) is 8.11. The van der Waals surface area contributed by atoms with Crippen LogP contribution < -0.4 is 19.5 Å². The molecule has 0 saturated heterocycles. The number of aromatic nitrogens is 1. The molecule has 0 spiro atoms. The number of fused-ring (bicyclic) bond motifs is 1. The van der Waals surface area contributed by atoms with Crippen LogP contribution in [0.3, 0.4) is 0 Å². The number of halogens is 2. The fourth-order valence-electron chi connectivity index (χ4n) is 2.52. The summed E-state index contributed by atoms with van der Waals surface area (Å²) in [6.45, 7) is 2.93. The predicted molar refractivity (Wildman–Crippen MR) is 98.2 cm³/mol. The molecule has 8 heteroatoms. The Labute approximate surface area is 161 Å². The van der Waals surface area contributed by atoms with Crippen molar-refractivity contribution in [2.45, 2.75) is 25.5 Å². The summed E-state index contributed by atoms with van der Waals surface area (Å²) in [4.78, 5) is 15.8. The van der Waals surface area contributed by atoms with Gasteiger partial charge in [0.15, 0.2) is 23.4 Å². The van der Waals surface area contributed by atoms with Crippen molar-refractivity contribution in [3.63, 3.8) is 0 Å². The Bertz CT molecular complexity index is 803. The van der Waals surface area contributed by atoms with Gasteiger partial charge in [0.25, 0.3) is 0 Å². The Balaban J connectivity index is 1.65. The minimum absolute atomic E-state index is 0.176. The van der Waals surface area contributed by atoms with E-state index in [9.17, 15) is 4.79 Å². The fraction of sp³-hybridized carbons (Fsp3) is 0.333. The van der Waals surface area contributed by atoms with Crippen molar-refractivity contribution in [1.82, 2.24) is 10.3 Å². The monoisotopic (exact) mass is 396 g/mol. The number of hydrogen-bond acceptors (Lipinski definition) is 6. The van der Waals surface area contributed by atoms with Crippen molar-refractivity contribution < 1.29 is 19.0 Å². The molecule has 26 heavy (non-hydrogen) atoms. The summed E-state index contributed by atoms with van der Waals surface area (Å²) < 4.78 is 16.5. The highest BCUT2D eigenvalue weighted by molar-refractivity contribution is 6.35. The first kappa shape index (κ1) is 18.8. The van der Waals surface area contributed by atoms with Crippen LogP contribution in [-0.2, 0) is 11.3 Å². The summed E-state index contributed by atoms with van der Waals surface area (Å²) in [6, 6.07) is 7.23. The number of aldehydes is 1. The third-order valence-corrected chi connectivity index (χ3v) is 4.56. The molecule has 1 atom stereocenters. The second kappa shape index (κ2) is 8.12. The molecule has 0 radical (unpaired) electrons. The van der Waals surface area contributed by atoms with Crippen molar-refractivity contribution in [2.75, 3.05) is 13.3 Å². The quantitative estimate of drug-likeness (QED) is 0.686. The lowest BCUT2D eigenvalue weighted by molar-refractivity contribution is -0.121. The third-order valence-electron chi connectivity index (χ3n) is 4.08. The van der Waals surface area contributed by atoms with Crippen molar-refractivity contribution >= 4 is 29.5 Å². The average Bonchev–Trinajstić information content (AvgIpc) is 3.11. The number of nitrogens with one attached hydrogen (secondary N) is 1. The van der Waals surface area contributed by atoms with Gasteiger partial charge in [0.05, 0.1) is 5.02 Å². The van der Waals surface area contributed by atoms with Crippen molar-refractivity contribution in [3.05, 3.63) is 46.1 Å². The van der Waals surface area contributed by atoms with Gasteiger partial charge in [-0.05, 0) is 30.2 Å². The number of ether oxygens (including phenoxy) is 3. The first-order valence-corrected chi connectivity index (χ1v) is 8.86. The summed E-state index contributed by atoms with van der Waals surface area (Å²) in [6.07, 6.45) is 2.64. The molecule has 138 valence electrons. The highest BCUT2D eigenvalue weighted by atomic mass is 35.5. The molecule has 2 aromatic rings. The van der Waals surface area contributed by atoms with Gasteiger partial charge in [-0.1, -0.05) is 36.2 Å². The molecule has 0 bridgehead atoms. The normalized spacial score (nSPS) is 14.7. The molecule has 0 aliphatic carbocycles. The second-order valence-electron chi connectivity index (χ2n) is 5.87. The Morgan fingerprint density at radius 3 is 2.85 bits per heavy atom. The van der Waals surface area contributed by atoms with E-state index in [1.807, 2.05) is 25.1 Å². The van der Waals surface area contributed by atoms with Gasteiger partial charge >= 0.3 is 0 Å². The molecular weight excluding hydrogens is 379 g/mol. The van der Waals surface area contributed by atoms with Gasteiger partial charge in [-0.3, -0.25) is 4.79 Å². The zero-order valence-corrected chi connectivity index (χ0v) is 15.6. The molecule has 3 rings (SSSR count). The number of carbonyl (C=O) groups is 1. The van der Waals surface area contributed by atoms with Crippen LogP contribution in [0, 0.1) is 0 Å². The molecule has 0 amide bonds. The Morgan fingerprint density at radius 2 is 2.12 bits per heavy atom. The highest BCUT2D eigenvalue weighted by Gasteiger charge is 2.31.